The zero-order chi connectivity index (χ0) is 17.9. The highest BCUT2D eigenvalue weighted by atomic mass is 32.2. The first kappa shape index (κ1) is 18.5. The van der Waals surface area contributed by atoms with Gasteiger partial charge in [-0.05, 0) is 31.6 Å². The van der Waals surface area contributed by atoms with Gasteiger partial charge in [-0.25, -0.2) is 4.98 Å². The highest BCUT2D eigenvalue weighted by molar-refractivity contribution is 7.99. The topological polar surface area (TPSA) is 58.4 Å². The Balaban J connectivity index is 2.05. The molecule has 0 N–H and O–H groups in total. The molecule has 0 aromatic carbocycles. The fourth-order valence-electron chi connectivity index (χ4n) is 3.30. The number of morpholine rings is 1. The Kier molecular flexibility index (Phi) is 5.88. The molecule has 3 heterocycles. The van der Waals surface area contributed by atoms with Crippen LogP contribution in [0.25, 0.3) is 0 Å². The Morgan fingerprint density at radius 1 is 1.28 bits per heavy atom. The van der Waals surface area contributed by atoms with Crippen LogP contribution in [-0.4, -0.2) is 42.6 Å². The quantitative estimate of drug-likeness (QED) is 0.591. The zero-order valence-electron chi connectivity index (χ0n) is 15.4. The summed E-state index contributed by atoms with van der Waals surface area (Å²) >= 11 is 1.71. The van der Waals surface area contributed by atoms with Gasteiger partial charge in [-0.1, -0.05) is 13.3 Å². The lowest BCUT2D eigenvalue weighted by molar-refractivity contribution is -0.0402. The Morgan fingerprint density at radius 3 is 2.72 bits per heavy atom. The van der Waals surface area contributed by atoms with E-state index in [-0.39, 0.29) is 5.60 Å². The third-order valence-corrected chi connectivity index (χ3v) is 5.79. The van der Waals surface area contributed by atoms with Crippen molar-refractivity contribution >= 4 is 17.6 Å². The smallest absolute Gasteiger partial charge is 0.135 e. The van der Waals surface area contributed by atoms with Crippen molar-refractivity contribution in [3.8, 4) is 6.07 Å². The molecule has 0 saturated carbocycles. The van der Waals surface area contributed by atoms with Crippen LogP contribution in [0.3, 0.4) is 0 Å². The highest BCUT2D eigenvalue weighted by Crippen LogP contribution is 2.38. The number of thioether (sulfide) groups is 1. The summed E-state index contributed by atoms with van der Waals surface area (Å²) in [5, 5.41) is 10.7. The zero-order valence-corrected chi connectivity index (χ0v) is 16.2. The number of hydrogen-bond donors (Lipinski definition) is 0. The molecule has 136 valence electrons. The van der Waals surface area contributed by atoms with Crippen molar-refractivity contribution in [3.63, 3.8) is 0 Å². The van der Waals surface area contributed by atoms with Crippen molar-refractivity contribution < 1.29 is 9.47 Å². The number of anilines is 1. The molecule has 2 aliphatic heterocycles. The minimum absolute atomic E-state index is 0.242. The molecule has 1 aromatic rings. The third-order valence-electron chi connectivity index (χ3n) is 4.73. The van der Waals surface area contributed by atoms with Crippen molar-refractivity contribution in [2.24, 2.45) is 0 Å². The number of fused-ring (bicyclic) bond motifs is 1. The molecule has 0 amide bonds. The predicted octanol–water partition coefficient (Wildman–Crippen LogP) is 3.53. The molecule has 1 saturated heterocycles. The van der Waals surface area contributed by atoms with Crippen LogP contribution in [0.5, 0.6) is 0 Å². The van der Waals surface area contributed by atoms with Crippen molar-refractivity contribution in [3.05, 3.63) is 16.7 Å². The van der Waals surface area contributed by atoms with Crippen LogP contribution in [0.2, 0.25) is 0 Å². The van der Waals surface area contributed by atoms with Gasteiger partial charge in [0.25, 0.3) is 0 Å². The van der Waals surface area contributed by atoms with Crippen molar-refractivity contribution in [2.75, 3.05) is 37.0 Å². The van der Waals surface area contributed by atoms with Crippen LogP contribution in [0.15, 0.2) is 5.03 Å². The lowest BCUT2D eigenvalue weighted by Gasteiger charge is -2.36. The molecule has 2 aliphatic rings. The number of ether oxygens (including phenoxy) is 2. The molecule has 6 heteroatoms. The van der Waals surface area contributed by atoms with Gasteiger partial charge in [0.15, 0.2) is 0 Å². The predicted molar refractivity (Wildman–Crippen MR) is 100 cm³/mol. The van der Waals surface area contributed by atoms with E-state index in [0.717, 1.165) is 78.9 Å². The maximum atomic E-state index is 9.82. The van der Waals surface area contributed by atoms with Crippen LogP contribution in [-0.2, 0) is 22.5 Å². The molecule has 25 heavy (non-hydrogen) atoms. The Morgan fingerprint density at radius 2 is 2.04 bits per heavy atom. The molecule has 0 unspecified atom stereocenters. The molecular formula is C19H27N3O2S. The number of aromatic nitrogens is 1. The van der Waals surface area contributed by atoms with E-state index < -0.39 is 0 Å². The summed E-state index contributed by atoms with van der Waals surface area (Å²) in [4.78, 5) is 7.22. The number of pyridine rings is 1. The summed E-state index contributed by atoms with van der Waals surface area (Å²) < 4.78 is 11.5. The van der Waals surface area contributed by atoms with Gasteiger partial charge in [-0.2, -0.15) is 5.26 Å². The number of nitrogens with zero attached hydrogens (tertiary/aromatic N) is 3. The van der Waals surface area contributed by atoms with Gasteiger partial charge >= 0.3 is 0 Å². The Hall–Kier alpha value is -1.29. The highest BCUT2D eigenvalue weighted by Gasteiger charge is 2.33. The second-order valence-electron chi connectivity index (χ2n) is 7.21. The van der Waals surface area contributed by atoms with Gasteiger partial charge in [0.1, 0.15) is 16.9 Å². The van der Waals surface area contributed by atoms with E-state index in [1.165, 1.54) is 0 Å². The second-order valence-corrected chi connectivity index (χ2v) is 8.29. The minimum atomic E-state index is -0.242. The molecule has 0 bridgehead atoms. The average molecular weight is 362 g/mol. The lowest BCUT2D eigenvalue weighted by atomic mass is 9.89. The van der Waals surface area contributed by atoms with E-state index in [9.17, 15) is 5.26 Å². The van der Waals surface area contributed by atoms with Crippen LogP contribution in [0, 0.1) is 11.3 Å². The van der Waals surface area contributed by atoms with E-state index in [2.05, 4.69) is 31.7 Å². The molecule has 0 atom stereocenters. The summed E-state index contributed by atoms with van der Waals surface area (Å²) in [6, 6.07) is 2.44. The summed E-state index contributed by atoms with van der Waals surface area (Å²) in [5.41, 5.74) is 2.74. The first-order valence-electron chi connectivity index (χ1n) is 9.11. The minimum Gasteiger partial charge on any atom is -0.378 e. The normalized spacial score (nSPS) is 19.4. The third kappa shape index (κ3) is 4.11. The molecule has 1 aromatic heterocycles. The molecule has 3 rings (SSSR count). The van der Waals surface area contributed by atoms with Crippen molar-refractivity contribution in [1.82, 2.24) is 4.98 Å². The van der Waals surface area contributed by atoms with Crippen LogP contribution >= 0.6 is 11.8 Å². The van der Waals surface area contributed by atoms with E-state index in [0.29, 0.717) is 6.61 Å². The summed E-state index contributed by atoms with van der Waals surface area (Å²) in [6.45, 7) is 10.0. The van der Waals surface area contributed by atoms with E-state index >= 15 is 0 Å². The second kappa shape index (κ2) is 7.94. The van der Waals surface area contributed by atoms with E-state index in [1.807, 2.05) is 0 Å². The van der Waals surface area contributed by atoms with Gasteiger partial charge < -0.3 is 14.4 Å². The SMILES string of the molecule is CCCCSc1nc(N2CCOCC2)c2c(c1C#N)CC(C)(C)OC2. The Labute approximate surface area is 154 Å². The summed E-state index contributed by atoms with van der Waals surface area (Å²) in [7, 11) is 0. The van der Waals surface area contributed by atoms with Gasteiger partial charge in [0.05, 0.1) is 31.0 Å². The fraction of sp³-hybridized carbons (Fsp3) is 0.684. The van der Waals surface area contributed by atoms with Crippen LogP contribution < -0.4 is 4.90 Å². The first-order chi connectivity index (χ1) is 12.1. The fourth-order valence-corrected chi connectivity index (χ4v) is 4.39. The molecule has 0 radical (unpaired) electrons. The summed E-state index contributed by atoms with van der Waals surface area (Å²) in [6.07, 6.45) is 3.04. The van der Waals surface area contributed by atoms with E-state index in [1.54, 1.807) is 11.8 Å². The number of hydrogen-bond acceptors (Lipinski definition) is 6. The number of nitriles is 1. The molecule has 5 nitrogen and oxygen atoms in total. The molecule has 0 aliphatic carbocycles. The maximum Gasteiger partial charge on any atom is 0.135 e. The number of unbranched alkanes of at least 4 members (excludes halogenated alkanes) is 1. The van der Waals surface area contributed by atoms with Gasteiger partial charge in [-0.3, -0.25) is 0 Å². The largest absolute Gasteiger partial charge is 0.378 e. The average Bonchev–Trinajstić information content (AvgIpc) is 2.61. The molecule has 0 spiro atoms. The van der Waals surface area contributed by atoms with Crippen molar-refractivity contribution in [2.45, 2.75) is 57.3 Å². The summed E-state index contributed by atoms with van der Waals surface area (Å²) in [5.74, 6) is 1.99. The van der Waals surface area contributed by atoms with Crippen molar-refractivity contribution in [1.29, 1.82) is 5.26 Å². The van der Waals surface area contributed by atoms with Crippen LogP contribution in [0.1, 0.15) is 50.3 Å². The lowest BCUT2D eigenvalue weighted by Crippen LogP contribution is -2.39. The van der Waals surface area contributed by atoms with E-state index in [4.69, 9.17) is 14.5 Å². The molecule has 1 fully saturated rings. The number of rotatable bonds is 5. The standard InChI is InChI=1S/C19H27N3O2S/c1-4-5-10-25-18-15(12-20)14-11-19(2,3)24-13-16(14)17(21-18)22-6-8-23-9-7-22/h4-11,13H2,1-3H3. The van der Waals surface area contributed by atoms with Crippen LogP contribution in [0.4, 0.5) is 5.82 Å². The van der Waals surface area contributed by atoms with Gasteiger partial charge in [-0.15, -0.1) is 11.8 Å². The maximum absolute atomic E-state index is 9.82. The molecular weight excluding hydrogens is 334 g/mol. The first-order valence-corrected chi connectivity index (χ1v) is 10.1. The monoisotopic (exact) mass is 361 g/mol. The Bertz CT molecular complexity index is 664. The van der Waals surface area contributed by atoms with Gasteiger partial charge in [0.2, 0.25) is 0 Å². The van der Waals surface area contributed by atoms with Gasteiger partial charge in [0, 0.05) is 25.1 Å².